The molecule has 2 rings (SSSR count). The fraction of sp³-hybridized carbons (Fsp3) is 0.278. The number of para-hydroxylation sites is 1. The van der Waals surface area contributed by atoms with E-state index >= 15 is 0 Å². The van der Waals surface area contributed by atoms with E-state index in [9.17, 15) is 4.79 Å². The highest BCUT2D eigenvalue weighted by Gasteiger charge is 2.16. The molecule has 0 aliphatic carbocycles. The molecule has 0 aliphatic rings. The SMILES string of the molecule is COc1cccc(C[NH+](C)CC(=O)Nc2ccc(Cl)cc2Cl)c1OC. The highest BCUT2D eigenvalue weighted by Crippen LogP contribution is 2.30. The first-order valence-corrected chi connectivity index (χ1v) is 8.46. The van der Waals surface area contributed by atoms with E-state index < -0.39 is 0 Å². The van der Waals surface area contributed by atoms with Crippen LogP contribution in [0, 0.1) is 0 Å². The van der Waals surface area contributed by atoms with Gasteiger partial charge >= 0.3 is 0 Å². The molecule has 0 saturated carbocycles. The number of ether oxygens (including phenoxy) is 2. The first-order chi connectivity index (χ1) is 11.9. The number of likely N-dealkylation sites (N-methyl/N-ethyl adjacent to an activating group) is 1. The molecule has 2 N–H and O–H groups in total. The van der Waals surface area contributed by atoms with Crippen molar-refractivity contribution in [2.75, 3.05) is 33.1 Å². The lowest BCUT2D eigenvalue weighted by molar-refractivity contribution is -0.885. The highest BCUT2D eigenvalue weighted by atomic mass is 35.5. The molecule has 0 fully saturated rings. The van der Waals surface area contributed by atoms with E-state index in [-0.39, 0.29) is 12.5 Å². The van der Waals surface area contributed by atoms with Gasteiger partial charge in [0.25, 0.3) is 5.91 Å². The van der Waals surface area contributed by atoms with Crippen molar-refractivity contribution in [3.8, 4) is 11.5 Å². The number of hydrogen-bond acceptors (Lipinski definition) is 3. The molecule has 134 valence electrons. The Morgan fingerprint density at radius 1 is 1.16 bits per heavy atom. The lowest BCUT2D eigenvalue weighted by Gasteiger charge is -2.17. The summed E-state index contributed by atoms with van der Waals surface area (Å²) in [4.78, 5) is 13.2. The van der Waals surface area contributed by atoms with Gasteiger partial charge in [0.2, 0.25) is 0 Å². The fourth-order valence-corrected chi connectivity index (χ4v) is 3.00. The largest absolute Gasteiger partial charge is 0.493 e. The van der Waals surface area contributed by atoms with Crippen LogP contribution in [0.2, 0.25) is 10.0 Å². The number of benzene rings is 2. The van der Waals surface area contributed by atoms with Crippen LogP contribution in [0.5, 0.6) is 11.5 Å². The fourth-order valence-electron chi connectivity index (χ4n) is 2.54. The molecular weight excluding hydrogens is 363 g/mol. The second kappa shape index (κ2) is 8.94. The Balaban J connectivity index is 2.00. The molecule has 0 bridgehead atoms. The van der Waals surface area contributed by atoms with Crippen LogP contribution in [-0.2, 0) is 11.3 Å². The molecule has 1 amide bonds. The van der Waals surface area contributed by atoms with Gasteiger partial charge in [-0.15, -0.1) is 0 Å². The highest BCUT2D eigenvalue weighted by molar-refractivity contribution is 6.36. The molecule has 1 unspecified atom stereocenters. The van der Waals surface area contributed by atoms with E-state index in [2.05, 4.69) is 5.32 Å². The molecule has 25 heavy (non-hydrogen) atoms. The van der Waals surface area contributed by atoms with Crippen LogP contribution in [0.4, 0.5) is 5.69 Å². The number of halogens is 2. The summed E-state index contributed by atoms with van der Waals surface area (Å²) in [6.45, 7) is 0.890. The van der Waals surface area contributed by atoms with Gasteiger partial charge in [0.15, 0.2) is 18.0 Å². The average Bonchev–Trinajstić information content (AvgIpc) is 2.57. The third-order valence-corrected chi connectivity index (χ3v) is 4.19. The van der Waals surface area contributed by atoms with E-state index in [1.807, 2.05) is 25.2 Å². The van der Waals surface area contributed by atoms with Gasteiger partial charge in [0, 0.05) is 5.02 Å². The summed E-state index contributed by atoms with van der Waals surface area (Å²) in [7, 11) is 5.13. The lowest BCUT2D eigenvalue weighted by atomic mass is 10.1. The molecule has 0 saturated heterocycles. The van der Waals surface area contributed by atoms with Crippen LogP contribution in [0.25, 0.3) is 0 Å². The number of methoxy groups -OCH3 is 2. The van der Waals surface area contributed by atoms with Crippen molar-refractivity contribution in [3.63, 3.8) is 0 Å². The van der Waals surface area contributed by atoms with Gasteiger partial charge in [-0.25, -0.2) is 0 Å². The number of hydrogen-bond donors (Lipinski definition) is 2. The van der Waals surface area contributed by atoms with Gasteiger partial charge in [-0.05, 0) is 30.3 Å². The Morgan fingerprint density at radius 2 is 1.92 bits per heavy atom. The predicted molar refractivity (Wildman–Crippen MR) is 100 cm³/mol. The van der Waals surface area contributed by atoms with Gasteiger partial charge in [-0.1, -0.05) is 29.3 Å². The van der Waals surface area contributed by atoms with E-state index in [4.69, 9.17) is 32.7 Å². The molecule has 5 nitrogen and oxygen atoms in total. The topological polar surface area (TPSA) is 52.0 Å². The van der Waals surface area contributed by atoms with E-state index in [1.165, 1.54) is 0 Å². The number of anilines is 1. The van der Waals surface area contributed by atoms with Crippen molar-refractivity contribution in [2.24, 2.45) is 0 Å². The Morgan fingerprint density at radius 3 is 2.56 bits per heavy atom. The number of nitrogens with one attached hydrogen (secondary N) is 2. The van der Waals surface area contributed by atoms with E-state index in [0.29, 0.717) is 33.8 Å². The zero-order chi connectivity index (χ0) is 18.4. The van der Waals surface area contributed by atoms with E-state index in [0.717, 1.165) is 10.5 Å². The molecule has 7 heteroatoms. The van der Waals surface area contributed by atoms with Crippen LogP contribution in [0.3, 0.4) is 0 Å². The maximum atomic E-state index is 12.2. The van der Waals surface area contributed by atoms with Crippen LogP contribution in [-0.4, -0.2) is 33.7 Å². The first kappa shape index (κ1) is 19.4. The van der Waals surface area contributed by atoms with Crippen molar-refractivity contribution in [2.45, 2.75) is 6.54 Å². The Hall–Kier alpha value is -1.95. The molecule has 0 spiro atoms. The molecule has 0 radical (unpaired) electrons. The molecule has 2 aromatic rings. The summed E-state index contributed by atoms with van der Waals surface area (Å²) < 4.78 is 10.7. The maximum Gasteiger partial charge on any atom is 0.279 e. The molecule has 1 atom stereocenters. The second-order valence-electron chi connectivity index (χ2n) is 5.64. The lowest BCUT2D eigenvalue weighted by Crippen LogP contribution is -3.08. The standard InChI is InChI=1S/C18H20Cl2N2O3/c1-22(10-12-5-4-6-16(24-2)18(12)25-3)11-17(23)21-15-8-7-13(19)9-14(15)20/h4-9H,10-11H2,1-3H3,(H,21,23)/p+1. The van der Waals surface area contributed by atoms with Crippen molar-refractivity contribution in [1.82, 2.24) is 0 Å². The van der Waals surface area contributed by atoms with Crippen molar-refractivity contribution in [1.29, 1.82) is 0 Å². The van der Waals surface area contributed by atoms with Gasteiger partial charge in [0.05, 0.1) is 37.5 Å². The summed E-state index contributed by atoms with van der Waals surface area (Å²) in [5.74, 6) is 1.22. The van der Waals surface area contributed by atoms with Crippen LogP contribution in [0.1, 0.15) is 5.56 Å². The van der Waals surface area contributed by atoms with E-state index in [1.54, 1.807) is 32.4 Å². The number of rotatable bonds is 7. The number of carbonyl (C=O) groups is 1. The van der Waals surface area contributed by atoms with Gasteiger partial charge in [-0.3, -0.25) is 4.79 Å². The Kier molecular flexibility index (Phi) is 6.93. The maximum absolute atomic E-state index is 12.2. The zero-order valence-corrected chi connectivity index (χ0v) is 15.9. The van der Waals surface area contributed by atoms with Crippen LogP contribution < -0.4 is 19.7 Å². The average molecular weight is 384 g/mol. The molecule has 2 aromatic carbocycles. The summed E-state index contributed by atoms with van der Waals surface area (Å²) in [5, 5.41) is 3.73. The first-order valence-electron chi connectivity index (χ1n) is 7.70. The number of carbonyl (C=O) groups excluding carboxylic acids is 1. The summed E-state index contributed by atoms with van der Waals surface area (Å²) in [5.41, 5.74) is 1.51. The monoisotopic (exact) mass is 383 g/mol. The Labute approximate surface area is 157 Å². The Bertz CT molecular complexity index is 753. The molecular formula is C18H21Cl2N2O3+. The normalized spacial score (nSPS) is 11.7. The zero-order valence-electron chi connectivity index (χ0n) is 14.4. The van der Waals surface area contributed by atoms with Crippen molar-refractivity contribution >= 4 is 34.8 Å². The minimum atomic E-state index is -0.136. The van der Waals surface area contributed by atoms with Crippen LogP contribution in [0.15, 0.2) is 36.4 Å². The smallest absolute Gasteiger partial charge is 0.279 e. The van der Waals surface area contributed by atoms with Gasteiger partial charge in [0.1, 0.15) is 6.54 Å². The molecule has 0 aromatic heterocycles. The molecule has 0 heterocycles. The van der Waals surface area contributed by atoms with Gasteiger partial charge in [-0.2, -0.15) is 0 Å². The number of amides is 1. The van der Waals surface area contributed by atoms with Crippen molar-refractivity contribution < 1.29 is 19.2 Å². The summed E-state index contributed by atoms with van der Waals surface area (Å²) in [6, 6.07) is 10.7. The minimum absolute atomic E-state index is 0.136. The molecule has 0 aliphatic heterocycles. The van der Waals surface area contributed by atoms with Crippen molar-refractivity contribution in [3.05, 3.63) is 52.0 Å². The van der Waals surface area contributed by atoms with Gasteiger partial charge < -0.3 is 19.7 Å². The predicted octanol–water partition coefficient (Wildman–Crippen LogP) is 2.66. The summed E-state index contributed by atoms with van der Waals surface area (Å²) >= 11 is 11.9. The quantitative estimate of drug-likeness (QED) is 0.772. The second-order valence-corrected chi connectivity index (χ2v) is 6.48. The van der Waals surface area contributed by atoms with Crippen LogP contribution >= 0.6 is 23.2 Å². The number of quaternary nitrogens is 1. The summed E-state index contributed by atoms with van der Waals surface area (Å²) in [6.07, 6.45) is 0. The minimum Gasteiger partial charge on any atom is -0.493 e. The third kappa shape index (κ3) is 5.26. The third-order valence-electron chi connectivity index (χ3n) is 3.64.